The molecule has 0 aromatic carbocycles. The smallest absolute Gasteiger partial charge is 0.344 e. The molecule has 0 aromatic heterocycles. The highest BCUT2D eigenvalue weighted by atomic mass is 16.5. The zero-order valence-corrected chi connectivity index (χ0v) is 11.1. The predicted octanol–water partition coefficient (Wildman–Crippen LogP) is 0.315. The number of methoxy groups -OCH3 is 2. The van der Waals surface area contributed by atoms with Crippen molar-refractivity contribution in [3.63, 3.8) is 0 Å². The molecule has 6 heteroatoms. The first-order chi connectivity index (χ1) is 8.93. The highest BCUT2D eigenvalue weighted by Crippen LogP contribution is 2.36. The molecule has 1 aliphatic heterocycles. The number of allylic oxidation sites excluding steroid dienone is 4. The second-order valence-corrected chi connectivity index (χ2v) is 4.18. The lowest BCUT2D eigenvalue weighted by Gasteiger charge is -2.19. The van der Waals surface area contributed by atoms with Gasteiger partial charge in [-0.3, -0.25) is 9.59 Å². The van der Waals surface area contributed by atoms with Gasteiger partial charge in [-0.15, -0.1) is 0 Å². The molecule has 6 nitrogen and oxygen atoms in total. The molecule has 100 valence electrons. The summed E-state index contributed by atoms with van der Waals surface area (Å²) in [5, 5.41) is 0. The average Bonchev–Trinajstić information content (AvgIpc) is 2.63. The van der Waals surface area contributed by atoms with Crippen molar-refractivity contribution in [1.82, 2.24) is 4.90 Å². The van der Waals surface area contributed by atoms with E-state index in [4.69, 9.17) is 4.74 Å². The summed E-state index contributed by atoms with van der Waals surface area (Å²) in [5.74, 6) is -1.72. The number of Topliss-reactive ketones (excluding diaryl/α,β-unsaturated/α-hetero) is 1. The molecular weight excluding hydrogens is 250 g/mol. The fourth-order valence-electron chi connectivity index (χ4n) is 2.19. The molecule has 1 amide bonds. The molecule has 0 radical (unpaired) electrons. The number of ether oxygens (including phenoxy) is 2. The van der Waals surface area contributed by atoms with Crippen LogP contribution in [-0.2, 0) is 23.9 Å². The minimum Gasteiger partial charge on any atom is -0.492 e. The van der Waals surface area contributed by atoms with Gasteiger partial charge in [-0.2, -0.15) is 0 Å². The zero-order chi connectivity index (χ0) is 14.3. The Kier molecular flexibility index (Phi) is 3.01. The van der Waals surface area contributed by atoms with Crippen LogP contribution >= 0.6 is 0 Å². The Morgan fingerprint density at radius 3 is 2.42 bits per heavy atom. The van der Waals surface area contributed by atoms with Crippen LogP contribution in [0.4, 0.5) is 0 Å². The monoisotopic (exact) mass is 263 g/mol. The Morgan fingerprint density at radius 1 is 1.26 bits per heavy atom. The first-order valence-electron chi connectivity index (χ1n) is 5.56. The number of carbonyl (C=O) groups excluding carboxylic acids is 3. The maximum absolute atomic E-state index is 12.3. The predicted molar refractivity (Wildman–Crippen MR) is 64.6 cm³/mol. The average molecular weight is 263 g/mol. The Hall–Kier alpha value is -2.37. The van der Waals surface area contributed by atoms with Gasteiger partial charge in [-0.25, -0.2) is 4.79 Å². The van der Waals surface area contributed by atoms with Crippen LogP contribution in [-0.4, -0.2) is 43.8 Å². The van der Waals surface area contributed by atoms with Crippen LogP contribution in [0.2, 0.25) is 0 Å². The molecule has 2 aliphatic rings. The number of carbonyl (C=O) groups is 3. The van der Waals surface area contributed by atoms with Gasteiger partial charge in [-0.05, 0) is 18.6 Å². The Labute approximate surface area is 110 Å². The molecule has 0 atom stereocenters. The third-order valence-electron chi connectivity index (χ3n) is 3.12. The highest BCUT2D eigenvalue weighted by Gasteiger charge is 2.43. The van der Waals surface area contributed by atoms with E-state index in [0.717, 1.165) is 7.11 Å². The van der Waals surface area contributed by atoms with Crippen molar-refractivity contribution in [1.29, 1.82) is 0 Å². The van der Waals surface area contributed by atoms with Gasteiger partial charge in [0.05, 0.1) is 25.5 Å². The summed E-state index contributed by atoms with van der Waals surface area (Å²) >= 11 is 0. The maximum Gasteiger partial charge on any atom is 0.344 e. The van der Waals surface area contributed by atoms with E-state index in [1.165, 1.54) is 19.1 Å². The van der Waals surface area contributed by atoms with Gasteiger partial charge in [0.1, 0.15) is 5.57 Å². The SMILES string of the molecule is COC(=O)C1=C2C(=O)C(OC)=C(C)C=C2N(C)C1=O. The van der Waals surface area contributed by atoms with Crippen molar-refractivity contribution in [3.8, 4) is 0 Å². The number of likely N-dealkylation sites (N-methyl/N-ethyl adjacent to an activating group) is 1. The lowest BCUT2D eigenvalue weighted by atomic mass is 9.94. The molecule has 2 rings (SSSR count). The normalized spacial score (nSPS) is 18.7. The van der Waals surface area contributed by atoms with Crippen LogP contribution in [0.1, 0.15) is 6.92 Å². The first-order valence-corrected chi connectivity index (χ1v) is 5.56. The van der Waals surface area contributed by atoms with Crippen LogP contribution in [0.25, 0.3) is 0 Å². The molecule has 1 aliphatic carbocycles. The third kappa shape index (κ3) is 1.68. The molecule has 19 heavy (non-hydrogen) atoms. The lowest BCUT2D eigenvalue weighted by Crippen LogP contribution is -2.24. The molecule has 0 aromatic rings. The van der Waals surface area contributed by atoms with Crippen LogP contribution in [0.15, 0.2) is 34.3 Å². The van der Waals surface area contributed by atoms with Crippen LogP contribution in [0.3, 0.4) is 0 Å². The molecule has 1 heterocycles. The van der Waals surface area contributed by atoms with E-state index in [1.807, 2.05) is 0 Å². The maximum atomic E-state index is 12.3. The summed E-state index contributed by atoms with van der Waals surface area (Å²) in [6.45, 7) is 1.70. The number of nitrogens with zero attached hydrogens (tertiary/aromatic N) is 1. The van der Waals surface area contributed by atoms with Crippen LogP contribution in [0, 0.1) is 0 Å². The molecule has 0 spiro atoms. The first kappa shape index (κ1) is 13.1. The number of hydrogen-bond acceptors (Lipinski definition) is 5. The van der Waals surface area contributed by atoms with Crippen molar-refractivity contribution in [2.24, 2.45) is 0 Å². The van der Waals surface area contributed by atoms with E-state index < -0.39 is 17.7 Å². The van der Waals surface area contributed by atoms with Crippen LogP contribution in [0.5, 0.6) is 0 Å². The fourth-order valence-corrected chi connectivity index (χ4v) is 2.19. The number of hydrogen-bond donors (Lipinski definition) is 0. The van der Waals surface area contributed by atoms with Gasteiger partial charge < -0.3 is 14.4 Å². The van der Waals surface area contributed by atoms with E-state index >= 15 is 0 Å². The van der Waals surface area contributed by atoms with Crippen molar-refractivity contribution in [2.45, 2.75) is 6.92 Å². The Balaban J connectivity index is 2.70. The van der Waals surface area contributed by atoms with E-state index in [-0.39, 0.29) is 16.9 Å². The van der Waals surface area contributed by atoms with Gasteiger partial charge in [0, 0.05) is 7.05 Å². The molecule has 0 saturated heterocycles. The minimum absolute atomic E-state index is 0.0433. The largest absolute Gasteiger partial charge is 0.492 e. The lowest BCUT2D eigenvalue weighted by molar-refractivity contribution is -0.139. The van der Waals surface area contributed by atoms with Crippen molar-refractivity contribution >= 4 is 17.7 Å². The standard InChI is InChI=1S/C13H13NO5/c1-6-5-7-8(10(15)11(6)18-3)9(13(17)19-4)12(16)14(7)2/h5H,1-4H3. The van der Waals surface area contributed by atoms with E-state index in [9.17, 15) is 14.4 Å². The highest BCUT2D eigenvalue weighted by molar-refractivity contribution is 6.29. The summed E-state index contributed by atoms with van der Waals surface area (Å²) in [5.41, 5.74) is 0.802. The van der Waals surface area contributed by atoms with E-state index in [1.54, 1.807) is 13.0 Å². The summed E-state index contributed by atoms with van der Waals surface area (Å²) in [6.07, 6.45) is 1.64. The second kappa shape index (κ2) is 4.38. The summed E-state index contributed by atoms with van der Waals surface area (Å²) in [6, 6.07) is 0. The van der Waals surface area contributed by atoms with Gasteiger partial charge in [-0.1, -0.05) is 0 Å². The van der Waals surface area contributed by atoms with Crippen molar-refractivity contribution in [2.75, 3.05) is 21.3 Å². The van der Waals surface area contributed by atoms with Gasteiger partial charge in [0.2, 0.25) is 5.78 Å². The molecule has 0 fully saturated rings. The quantitative estimate of drug-likeness (QED) is 0.529. The summed E-state index contributed by atoms with van der Waals surface area (Å²) in [4.78, 5) is 37.3. The molecule has 0 bridgehead atoms. The van der Waals surface area contributed by atoms with E-state index in [0.29, 0.717) is 11.3 Å². The van der Waals surface area contributed by atoms with Gasteiger partial charge in [0.25, 0.3) is 5.91 Å². The van der Waals surface area contributed by atoms with Gasteiger partial charge >= 0.3 is 5.97 Å². The molecule has 0 unspecified atom stereocenters. The zero-order valence-electron chi connectivity index (χ0n) is 11.1. The topological polar surface area (TPSA) is 72.9 Å². The van der Waals surface area contributed by atoms with Gasteiger partial charge in [0.15, 0.2) is 5.76 Å². The number of esters is 1. The van der Waals surface area contributed by atoms with Crippen molar-refractivity contribution in [3.05, 3.63) is 34.3 Å². The molecule has 0 saturated carbocycles. The van der Waals surface area contributed by atoms with Crippen LogP contribution < -0.4 is 0 Å². The van der Waals surface area contributed by atoms with Crippen molar-refractivity contribution < 1.29 is 23.9 Å². The number of fused-ring (bicyclic) bond motifs is 1. The Morgan fingerprint density at radius 2 is 1.89 bits per heavy atom. The molecule has 0 N–H and O–H groups in total. The number of amides is 1. The summed E-state index contributed by atoms with van der Waals surface area (Å²) < 4.78 is 9.59. The molecular formula is C13H13NO5. The summed E-state index contributed by atoms with van der Waals surface area (Å²) in [7, 11) is 4.04. The second-order valence-electron chi connectivity index (χ2n) is 4.18. The van der Waals surface area contributed by atoms with E-state index in [2.05, 4.69) is 4.74 Å². The fraction of sp³-hybridized carbons (Fsp3) is 0.308. The number of ketones is 1. The number of rotatable bonds is 2. The Bertz CT molecular complexity index is 594. The minimum atomic E-state index is -0.821. The third-order valence-corrected chi connectivity index (χ3v) is 3.12.